The van der Waals surface area contributed by atoms with Crippen molar-refractivity contribution >= 4 is 12.0 Å². The second-order valence-corrected chi connectivity index (χ2v) is 8.19. The van der Waals surface area contributed by atoms with Crippen molar-refractivity contribution in [2.24, 2.45) is 0 Å². The minimum Gasteiger partial charge on any atom is -0.444 e. The van der Waals surface area contributed by atoms with Gasteiger partial charge in [-0.05, 0) is 64.2 Å². The van der Waals surface area contributed by atoms with Gasteiger partial charge in [-0.25, -0.2) is 9.18 Å². The predicted molar refractivity (Wildman–Crippen MR) is 96.3 cm³/mol. The topological polar surface area (TPSA) is 58.6 Å². The van der Waals surface area contributed by atoms with E-state index in [1.165, 1.54) is 12.1 Å². The number of halogens is 1. The summed E-state index contributed by atoms with van der Waals surface area (Å²) >= 11 is 0. The molecule has 0 bridgehead atoms. The molecule has 6 heteroatoms. The van der Waals surface area contributed by atoms with Gasteiger partial charge in [0.2, 0.25) is 5.91 Å². The zero-order chi connectivity index (χ0) is 18.9. The number of piperidine rings is 1. The van der Waals surface area contributed by atoms with E-state index in [1.807, 2.05) is 20.8 Å². The molecule has 26 heavy (non-hydrogen) atoms. The van der Waals surface area contributed by atoms with Gasteiger partial charge in [0.25, 0.3) is 0 Å². The number of ether oxygens (including phenoxy) is 1. The molecular formula is C20H27FN2O3. The Morgan fingerprint density at radius 3 is 2.54 bits per heavy atom. The van der Waals surface area contributed by atoms with E-state index in [0.29, 0.717) is 13.0 Å². The maximum atomic E-state index is 13.0. The maximum absolute atomic E-state index is 13.0. The van der Waals surface area contributed by atoms with Crippen molar-refractivity contribution in [1.82, 2.24) is 10.2 Å². The first-order valence-corrected chi connectivity index (χ1v) is 9.30. The molecule has 0 spiro atoms. The van der Waals surface area contributed by atoms with Gasteiger partial charge < -0.3 is 10.1 Å². The lowest BCUT2D eigenvalue weighted by molar-refractivity contribution is -0.127. The van der Waals surface area contributed by atoms with Crippen molar-refractivity contribution in [2.75, 3.05) is 6.54 Å². The fourth-order valence-corrected chi connectivity index (χ4v) is 3.46. The normalized spacial score (nSPS) is 25.5. The molecule has 1 N–H and O–H groups in total. The van der Waals surface area contributed by atoms with Crippen LogP contribution in [0.4, 0.5) is 9.18 Å². The van der Waals surface area contributed by atoms with Crippen LogP contribution in [0, 0.1) is 5.82 Å². The SMILES string of the molecule is CC(C)(C)OC(=O)N1CCCC[C@@H]1C(=O)N[C@@H]1C[C@H]1c1ccc(F)cc1. The molecule has 3 atom stereocenters. The highest BCUT2D eigenvalue weighted by molar-refractivity contribution is 5.86. The Morgan fingerprint density at radius 1 is 1.19 bits per heavy atom. The molecule has 3 rings (SSSR count). The van der Waals surface area contributed by atoms with Gasteiger partial charge in [-0.15, -0.1) is 0 Å². The molecule has 1 aromatic carbocycles. The van der Waals surface area contributed by atoms with E-state index < -0.39 is 17.7 Å². The first-order valence-electron chi connectivity index (χ1n) is 9.30. The van der Waals surface area contributed by atoms with Crippen molar-refractivity contribution in [3.63, 3.8) is 0 Å². The molecule has 2 aliphatic rings. The maximum Gasteiger partial charge on any atom is 0.410 e. The summed E-state index contributed by atoms with van der Waals surface area (Å²) in [5, 5.41) is 3.05. The van der Waals surface area contributed by atoms with Gasteiger partial charge in [0.05, 0.1) is 0 Å². The Hall–Kier alpha value is -2.11. The van der Waals surface area contributed by atoms with Crippen LogP contribution in [0.25, 0.3) is 0 Å². The molecular weight excluding hydrogens is 335 g/mol. The lowest BCUT2D eigenvalue weighted by Crippen LogP contribution is -2.53. The van der Waals surface area contributed by atoms with Crippen LogP contribution in [0.5, 0.6) is 0 Å². The van der Waals surface area contributed by atoms with E-state index in [9.17, 15) is 14.0 Å². The average molecular weight is 362 g/mol. The summed E-state index contributed by atoms with van der Waals surface area (Å²) in [6.45, 7) is 6.00. The van der Waals surface area contributed by atoms with Crippen molar-refractivity contribution in [1.29, 1.82) is 0 Å². The zero-order valence-corrected chi connectivity index (χ0v) is 15.6. The van der Waals surface area contributed by atoms with Gasteiger partial charge in [-0.1, -0.05) is 12.1 Å². The minimum atomic E-state index is -0.584. The Bertz CT molecular complexity index is 669. The van der Waals surface area contributed by atoms with Gasteiger partial charge in [0.15, 0.2) is 0 Å². The number of hydrogen-bond donors (Lipinski definition) is 1. The second kappa shape index (κ2) is 7.25. The highest BCUT2D eigenvalue weighted by Crippen LogP contribution is 2.41. The fraction of sp³-hybridized carbons (Fsp3) is 0.600. The van der Waals surface area contributed by atoms with Crippen LogP contribution in [0.3, 0.4) is 0 Å². The summed E-state index contributed by atoms with van der Waals surface area (Å²) in [5.74, 6) is -0.159. The third kappa shape index (κ3) is 4.54. The Labute approximate surface area is 153 Å². The van der Waals surface area contributed by atoms with Crippen molar-refractivity contribution in [3.05, 3.63) is 35.6 Å². The van der Waals surface area contributed by atoms with Crippen molar-refractivity contribution in [3.8, 4) is 0 Å². The van der Waals surface area contributed by atoms with Crippen LogP contribution in [0.15, 0.2) is 24.3 Å². The molecule has 1 heterocycles. The largest absolute Gasteiger partial charge is 0.444 e. The van der Waals surface area contributed by atoms with E-state index in [4.69, 9.17) is 4.74 Å². The molecule has 0 radical (unpaired) electrons. The van der Waals surface area contributed by atoms with Crippen LogP contribution < -0.4 is 5.32 Å². The van der Waals surface area contributed by atoms with Crippen molar-refractivity contribution < 1.29 is 18.7 Å². The predicted octanol–water partition coefficient (Wildman–Crippen LogP) is 3.59. The quantitative estimate of drug-likeness (QED) is 0.894. The van der Waals surface area contributed by atoms with Crippen LogP contribution in [0.1, 0.15) is 57.9 Å². The zero-order valence-electron chi connectivity index (χ0n) is 15.6. The van der Waals surface area contributed by atoms with Crippen LogP contribution in [0.2, 0.25) is 0 Å². The van der Waals surface area contributed by atoms with E-state index in [-0.39, 0.29) is 23.7 Å². The number of benzene rings is 1. The third-order valence-electron chi connectivity index (χ3n) is 4.85. The lowest BCUT2D eigenvalue weighted by Gasteiger charge is -2.35. The first kappa shape index (κ1) is 18.7. The number of rotatable bonds is 3. The molecule has 1 saturated heterocycles. The van der Waals surface area contributed by atoms with Gasteiger partial charge in [-0.2, -0.15) is 0 Å². The van der Waals surface area contributed by atoms with Gasteiger partial charge in [-0.3, -0.25) is 9.69 Å². The highest BCUT2D eigenvalue weighted by Gasteiger charge is 2.42. The smallest absolute Gasteiger partial charge is 0.410 e. The van der Waals surface area contributed by atoms with E-state index in [2.05, 4.69) is 5.32 Å². The van der Waals surface area contributed by atoms with E-state index in [1.54, 1.807) is 17.0 Å². The number of amides is 2. The summed E-state index contributed by atoms with van der Waals surface area (Å²) in [6.07, 6.45) is 2.87. The summed E-state index contributed by atoms with van der Waals surface area (Å²) < 4.78 is 18.5. The second-order valence-electron chi connectivity index (χ2n) is 8.19. The Kier molecular flexibility index (Phi) is 5.21. The van der Waals surface area contributed by atoms with Gasteiger partial charge >= 0.3 is 6.09 Å². The van der Waals surface area contributed by atoms with Gasteiger partial charge in [0.1, 0.15) is 17.5 Å². The van der Waals surface area contributed by atoms with Crippen LogP contribution in [-0.2, 0) is 9.53 Å². The molecule has 142 valence electrons. The molecule has 0 unspecified atom stereocenters. The first-order chi connectivity index (χ1) is 12.2. The number of hydrogen-bond acceptors (Lipinski definition) is 3. The Morgan fingerprint density at radius 2 is 1.88 bits per heavy atom. The molecule has 2 amide bonds. The number of nitrogens with zero attached hydrogens (tertiary/aromatic N) is 1. The minimum absolute atomic E-state index is 0.0513. The van der Waals surface area contributed by atoms with Gasteiger partial charge in [0, 0.05) is 18.5 Å². The molecule has 0 aromatic heterocycles. The summed E-state index contributed by atoms with van der Waals surface area (Å²) in [5.41, 5.74) is 0.448. The highest BCUT2D eigenvalue weighted by atomic mass is 19.1. The monoisotopic (exact) mass is 362 g/mol. The molecule has 1 aliphatic heterocycles. The average Bonchev–Trinajstić information content (AvgIpc) is 3.33. The number of nitrogens with one attached hydrogen (secondary N) is 1. The molecule has 1 aromatic rings. The lowest BCUT2D eigenvalue weighted by atomic mass is 10.0. The molecule has 5 nitrogen and oxygen atoms in total. The summed E-state index contributed by atoms with van der Waals surface area (Å²) in [6, 6.07) is 5.98. The van der Waals surface area contributed by atoms with Crippen LogP contribution in [-0.4, -0.2) is 41.1 Å². The fourth-order valence-electron chi connectivity index (χ4n) is 3.46. The number of carbonyl (C=O) groups excluding carboxylic acids is 2. The Balaban J connectivity index is 1.59. The van der Waals surface area contributed by atoms with E-state index in [0.717, 1.165) is 24.8 Å². The molecule has 2 fully saturated rings. The van der Waals surface area contributed by atoms with E-state index >= 15 is 0 Å². The number of likely N-dealkylation sites (tertiary alicyclic amines) is 1. The molecule has 1 aliphatic carbocycles. The summed E-state index contributed by atoms with van der Waals surface area (Å²) in [7, 11) is 0. The molecule has 1 saturated carbocycles. The summed E-state index contributed by atoms with van der Waals surface area (Å²) in [4.78, 5) is 26.7. The number of carbonyl (C=O) groups is 2. The van der Waals surface area contributed by atoms with Crippen LogP contribution >= 0.6 is 0 Å². The third-order valence-corrected chi connectivity index (χ3v) is 4.85. The standard InChI is InChI=1S/C20H27FN2O3/c1-20(2,3)26-19(25)23-11-5-4-6-17(23)18(24)22-16-12-15(16)13-7-9-14(21)10-8-13/h7-10,15-17H,4-6,11-12H2,1-3H3,(H,22,24)/t15-,16+,17+/m0/s1. The van der Waals surface area contributed by atoms with Crippen molar-refractivity contribution in [2.45, 2.75) is 70.1 Å².